The molecule has 6 nitrogen and oxygen atoms in total. The van der Waals surface area contributed by atoms with Crippen LogP contribution in [0.5, 0.6) is 0 Å². The predicted octanol–water partition coefficient (Wildman–Crippen LogP) is -0.119. The Labute approximate surface area is 84.5 Å². The SMILES string of the molecule is NNC(c1cncnc1)c1cnsn1. The molecule has 2 aromatic rings. The van der Waals surface area contributed by atoms with Crippen molar-refractivity contribution in [1.29, 1.82) is 0 Å². The number of hydrogen-bond donors (Lipinski definition) is 2. The van der Waals surface area contributed by atoms with Crippen LogP contribution in [0.25, 0.3) is 0 Å². The van der Waals surface area contributed by atoms with Crippen molar-refractivity contribution in [2.24, 2.45) is 5.84 Å². The lowest BCUT2D eigenvalue weighted by Crippen LogP contribution is -2.29. The van der Waals surface area contributed by atoms with Crippen molar-refractivity contribution in [3.8, 4) is 0 Å². The van der Waals surface area contributed by atoms with Gasteiger partial charge in [-0.3, -0.25) is 5.84 Å². The van der Waals surface area contributed by atoms with Crippen LogP contribution in [0.15, 0.2) is 24.9 Å². The maximum atomic E-state index is 5.43. The molecular weight excluding hydrogens is 200 g/mol. The molecule has 2 rings (SSSR count). The maximum absolute atomic E-state index is 5.43. The summed E-state index contributed by atoms with van der Waals surface area (Å²) in [5.74, 6) is 5.43. The second-order valence-corrected chi connectivity index (χ2v) is 3.16. The van der Waals surface area contributed by atoms with Crippen molar-refractivity contribution < 1.29 is 0 Å². The van der Waals surface area contributed by atoms with Crippen molar-refractivity contribution in [3.63, 3.8) is 0 Å². The zero-order valence-electron chi connectivity index (χ0n) is 7.16. The van der Waals surface area contributed by atoms with Crippen LogP contribution >= 0.6 is 11.7 Å². The Hall–Kier alpha value is -1.44. The van der Waals surface area contributed by atoms with E-state index in [1.54, 1.807) is 18.6 Å². The standard InChI is InChI=1S/C7H8N6S/c8-12-7(6-3-11-14-13-6)5-1-9-4-10-2-5/h1-4,7,12H,8H2. The van der Waals surface area contributed by atoms with E-state index in [9.17, 15) is 0 Å². The minimum atomic E-state index is -0.199. The van der Waals surface area contributed by atoms with Crippen LogP contribution in [-0.4, -0.2) is 18.7 Å². The fourth-order valence-corrected chi connectivity index (χ4v) is 1.56. The summed E-state index contributed by atoms with van der Waals surface area (Å²) < 4.78 is 8.01. The Morgan fingerprint density at radius 3 is 2.64 bits per heavy atom. The molecule has 0 amide bonds. The molecule has 0 radical (unpaired) electrons. The Morgan fingerprint density at radius 1 is 1.29 bits per heavy atom. The highest BCUT2D eigenvalue weighted by molar-refractivity contribution is 6.99. The van der Waals surface area contributed by atoms with Crippen molar-refractivity contribution in [2.75, 3.05) is 0 Å². The van der Waals surface area contributed by atoms with Crippen molar-refractivity contribution in [3.05, 3.63) is 36.2 Å². The minimum Gasteiger partial charge on any atom is -0.271 e. The van der Waals surface area contributed by atoms with Crippen molar-refractivity contribution in [1.82, 2.24) is 24.1 Å². The Morgan fingerprint density at radius 2 is 2.07 bits per heavy atom. The van der Waals surface area contributed by atoms with Gasteiger partial charge in [-0.25, -0.2) is 15.4 Å². The van der Waals surface area contributed by atoms with Crippen LogP contribution < -0.4 is 11.3 Å². The molecule has 1 atom stereocenters. The number of hydrazine groups is 1. The third-order valence-corrected chi connectivity index (χ3v) is 2.25. The van der Waals surface area contributed by atoms with E-state index in [-0.39, 0.29) is 6.04 Å². The molecule has 2 heterocycles. The Kier molecular flexibility index (Phi) is 2.73. The molecule has 7 heteroatoms. The molecular formula is C7H8N6S. The molecule has 2 aromatic heterocycles. The van der Waals surface area contributed by atoms with E-state index in [4.69, 9.17) is 5.84 Å². The fraction of sp³-hybridized carbons (Fsp3) is 0.143. The van der Waals surface area contributed by atoms with Crippen LogP contribution in [0.3, 0.4) is 0 Å². The monoisotopic (exact) mass is 208 g/mol. The lowest BCUT2D eigenvalue weighted by molar-refractivity contribution is 0.620. The molecule has 0 aliphatic heterocycles. The molecule has 0 fully saturated rings. The predicted molar refractivity (Wildman–Crippen MR) is 51.1 cm³/mol. The second-order valence-electron chi connectivity index (χ2n) is 2.60. The zero-order chi connectivity index (χ0) is 9.80. The average molecular weight is 208 g/mol. The van der Waals surface area contributed by atoms with Gasteiger partial charge in [0, 0.05) is 18.0 Å². The second kappa shape index (κ2) is 4.18. The van der Waals surface area contributed by atoms with Gasteiger partial charge < -0.3 is 0 Å². The summed E-state index contributed by atoms with van der Waals surface area (Å²) in [6, 6.07) is -0.199. The van der Waals surface area contributed by atoms with Gasteiger partial charge >= 0.3 is 0 Å². The van der Waals surface area contributed by atoms with Gasteiger partial charge in [-0.05, 0) is 0 Å². The summed E-state index contributed by atoms with van der Waals surface area (Å²) in [6.45, 7) is 0. The van der Waals surface area contributed by atoms with Crippen LogP contribution in [0, 0.1) is 0 Å². The first-order valence-corrected chi connectivity index (χ1v) is 4.63. The molecule has 72 valence electrons. The first kappa shape index (κ1) is 9.13. The highest BCUT2D eigenvalue weighted by Gasteiger charge is 2.14. The maximum Gasteiger partial charge on any atom is 0.115 e. The molecule has 0 spiro atoms. The highest BCUT2D eigenvalue weighted by atomic mass is 32.1. The van der Waals surface area contributed by atoms with E-state index in [0.717, 1.165) is 23.0 Å². The normalized spacial score (nSPS) is 12.6. The van der Waals surface area contributed by atoms with E-state index in [2.05, 4.69) is 24.1 Å². The fourth-order valence-electron chi connectivity index (χ4n) is 1.11. The smallest absolute Gasteiger partial charge is 0.115 e. The number of nitrogens with two attached hydrogens (primary N) is 1. The summed E-state index contributed by atoms with van der Waals surface area (Å²) in [5, 5.41) is 0. The molecule has 14 heavy (non-hydrogen) atoms. The number of rotatable bonds is 3. The van der Waals surface area contributed by atoms with Gasteiger partial charge in [-0.15, -0.1) is 0 Å². The highest BCUT2D eigenvalue weighted by Crippen LogP contribution is 2.17. The van der Waals surface area contributed by atoms with Crippen LogP contribution in [0.4, 0.5) is 0 Å². The molecule has 3 N–H and O–H groups in total. The van der Waals surface area contributed by atoms with Crippen molar-refractivity contribution >= 4 is 11.7 Å². The molecule has 0 aromatic carbocycles. The number of aromatic nitrogens is 4. The van der Waals surface area contributed by atoms with Crippen molar-refractivity contribution in [2.45, 2.75) is 6.04 Å². The van der Waals surface area contributed by atoms with E-state index in [1.165, 1.54) is 6.33 Å². The van der Waals surface area contributed by atoms with Gasteiger partial charge in [0.1, 0.15) is 6.33 Å². The van der Waals surface area contributed by atoms with Gasteiger partial charge in [0.15, 0.2) is 0 Å². The molecule has 0 bridgehead atoms. The first-order chi connectivity index (χ1) is 6.92. The lowest BCUT2D eigenvalue weighted by Gasteiger charge is -2.11. The van der Waals surface area contributed by atoms with Gasteiger partial charge in [-0.1, -0.05) is 0 Å². The molecule has 1 unspecified atom stereocenters. The van der Waals surface area contributed by atoms with Gasteiger partial charge in [-0.2, -0.15) is 8.75 Å². The van der Waals surface area contributed by atoms with Gasteiger partial charge in [0.05, 0.1) is 29.7 Å². The average Bonchev–Trinajstić information content (AvgIpc) is 2.74. The zero-order valence-corrected chi connectivity index (χ0v) is 7.98. The minimum absolute atomic E-state index is 0.199. The summed E-state index contributed by atoms with van der Waals surface area (Å²) in [6.07, 6.45) is 6.52. The van der Waals surface area contributed by atoms with E-state index < -0.39 is 0 Å². The molecule has 0 aliphatic rings. The van der Waals surface area contributed by atoms with Crippen LogP contribution in [0.1, 0.15) is 17.3 Å². The van der Waals surface area contributed by atoms with Crippen LogP contribution in [-0.2, 0) is 0 Å². The largest absolute Gasteiger partial charge is 0.271 e. The summed E-state index contributed by atoms with van der Waals surface area (Å²) in [5.41, 5.74) is 4.28. The summed E-state index contributed by atoms with van der Waals surface area (Å²) >= 11 is 1.14. The molecule has 0 saturated carbocycles. The van der Waals surface area contributed by atoms with Gasteiger partial charge in [0.2, 0.25) is 0 Å². The quantitative estimate of drug-likeness (QED) is 0.540. The van der Waals surface area contributed by atoms with Crippen LogP contribution in [0.2, 0.25) is 0 Å². The summed E-state index contributed by atoms with van der Waals surface area (Å²) in [4.78, 5) is 7.82. The topological polar surface area (TPSA) is 89.6 Å². The third-order valence-electron chi connectivity index (χ3n) is 1.75. The van der Waals surface area contributed by atoms with E-state index in [0.29, 0.717) is 0 Å². The van der Waals surface area contributed by atoms with Gasteiger partial charge in [0.25, 0.3) is 0 Å². The number of hydrogen-bond acceptors (Lipinski definition) is 7. The van der Waals surface area contributed by atoms with E-state index in [1.807, 2.05) is 0 Å². The number of nitrogens with one attached hydrogen (secondary N) is 1. The Balaban J connectivity index is 2.31. The number of nitrogens with zero attached hydrogens (tertiary/aromatic N) is 4. The lowest BCUT2D eigenvalue weighted by atomic mass is 10.1. The first-order valence-electron chi connectivity index (χ1n) is 3.90. The third kappa shape index (κ3) is 1.74. The summed E-state index contributed by atoms with van der Waals surface area (Å²) in [7, 11) is 0. The molecule has 0 saturated heterocycles. The molecule has 0 aliphatic carbocycles. The van der Waals surface area contributed by atoms with E-state index >= 15 is 0 Å². The Bertz CT molecular complexity index is 374.